The molecule has 1 aromatic carbocycles. The van der Waals surface area contributed by atoms with Crippen LogP contribution in [0, 0.1) is 0 Å². The monoisotopic (exact) mass is 190 g/mol. The largest absolute Gasteiger partial charge is 0.343 e. The lowest BCUT2D eigenvalue weighted by Crippen LogP contribution is -2.31. The Kier molecular flexibility index (Phi) is 3.70. The summed E-state index contributed by atoms with van der Waals surface area (Å²) in [5.41, 5.74) is 0.739. The Morgan fingerprint density at radius 3 is 2.46 bits per heavy atom. The first kappa shape index (κ1) is 9.99. The van der Waals surface area contributed by atoms with Gasteiger partial charge in [-0.25, -0.2) is 0 Å². The summed E-state index contributed by atoms with van der Waals surface area (Å²) in [5, 5.41) is 0. The van der Waals surface area contributed by atoms with Crippen molar-refractivity contribution in [1.82, 2.24) is 4.90 Å². The summed E-state index contributed by atoms with van der Waals surface area (Å²) >= 11 is 0. The summed E-state index contributed by atoms with van der Waals surface area (Å²) in [7, 11) is 3.33. The molecule has 0 aliphatic rings. The first-order chi connectivity index (χ1) is 6.29. The highest BCUT2D eigenvalue weighted by molar-refractivity contribution is 6.11. The zero-order chi connectivity index (χ0) is 9.68. The fourth-order valence-electron chi connectivity index (χ4n) is 1.09. The summed E-state index contributed by atoms with van der Waals surface area (Å²) in [6, 6.07) is 9.30. The Morgan fingerprint density at radius 1 is 1.38 bits per heavy atom. The minimum atomic E-state index is 0.0677. The van der Waals surface area contributed by atoms with Crippen LogP contribution in [-0.2, 0) is 0 Å². The van der Waals surface area contributed by atoms with Crippen LogP contribution in [0.5, 0.6) is 0 Å². The molecule has 0 spiro atoms. The molecule has 0 aliphatic heterocycles. The van der Waals surface area contributed by atoms with E-state index in [2.05, 4.69) is 10.2 Å². The molecule has 3 radical (unpaired) electrons. The van der Waals surface area contributed by atoms with Crippen LogP contribution >= 0.6 is 0 Å². The first-order valence-corrected chi connectivity index (χ1v) is 4.99. The van der Waals surface area contributed by atoms with Gasteiger partial charge in [-0.1, -0.05) is 18.2 Å². The molecule has 0 N–H and O–H groups in total. The lowest BCUT2D eigenvalue weighted by molar-refractivity contribution is 0.0791. The van der Waals surface area contributed by atoms with Gasteiger partial charge in [0.25, 0.3) is 5.91 Å². The molecule has 0 aromatic heterocycles. The van der Waals surface area contributed by atoms with E-state index in [9.17, 15) is 4.79 Å². The van der Waals surface area contributed by atoms with Crippen LogP contribution in [-0.4, -0.2) is 33.8 Å². The van der Waals surface area contributed by atoms with Gasteiger partial charge in [0, 0.05) is 18.3 Å². The fraction of sp³-hybridized carbons (Fsp3) is 0.300. The number of rotatable bonds is 3. The number of hydrogen-bond acceptors (Lipinski definition) is 1. The van der Waals surface area contributed by atoms with Crippen molar-refractivity contribution in [1.29, 1.82) is 0 Å². The molecule has 0 bridgehead atoms. The number of amides is 1. The van der Waals surface area contributed by atoms with Crippen molar-refractivity contribution >= 4 is 16.1 Å². The van der Waals surface area contributed by atoms with E-state index in [4.69, 9.17) is 0 Å². The molecular weight excluding hydrogens is 178 g/mol. The van der Waals surface area contributed by atoms with E-state index in [1.165, 1.54) is 0 Å². The average molecular weight is 190 g/mol. The Bertz CT molecular complexity index is 270. The van der Waals surface area contributed by atoms with Crippen molar-refractivity contribution in [2.75, 3.05) is 12.7 Å². The minimum Gasteiger partial charge on any atom is -0.343 e. The number of benzene rings is 1. The third kappa shape index (κ3) is 2.42. The van der Waals surface area contributed by atoms with Gasteiger partial charge in [-0.3, -0.25) is 4.79 Å². The molecular formula is C10H12NOSi. The first-order valence-electron chi connectivity index (χ1n) is 4.28. The maximum atomic E-state index is 11.7. The maximum absolute atomic E-state index is 11.7. The van der Waals surface area contributed by atoms with Crippen LogP contribution in [0.1, 0.15) is 17.3 Å². The van der Waals surface area contributed by atoms with E-state index in [1.807, 2.05) is 37.3 Å². The van der Waals surface area contributed by atoms with Gasteiger partial charge in [0.2, 0.25) is 0 Å². The Labute approximate surface area is 82.0 Å². The predicted molar refractivity (Wildman–Crippen MR) is 53.8 cm³/mol. The van der Waals surface area contributed by atoms with Crippen LogP contribution in [0.3, 0.4) is 0 Å². The van der Waals surface area contributed by atoms with Gasteiger partial charge >= 0.3 is 0 Å². The number of hydrogen-bond donors (Lipinski definition) is 0. The molecule has 0 unspecified atom stereocenters. The van der Waals surface area contributed by atoms with Gasteiger partial charge in [-0.2, -0.15) is 0 Å². The highest BCUT2D eigenvalue weighted by atomic mass is 28.1. The zero-order valence-corrected chi connectivity index (χ0v) is 8.66. The van der Waals surface area contributed by atoms with E-state index >= 15 is 0 Å². The topological polar surface area (TPSA) is 20.3 Å². The van der Waals surface area contributed by atoms with Gasteiger partial charge < -0.3 is 4.90 Å². The minimum absolute atomic E-state index is 0.0677. The second kappa shape index (κ2) is 4.82. The van der Waals surface area contributed by atoms with Gasteiger partial charge in [0.1, 0.15) is 0 Å². The van der Waals surface area contributed by atoms with Crippen LogP contribution in [0.2, 0.25) is 0 Å². The van der Waals surface area contributed by atoms with Crippen LogP contribution in [0.15, 0.2) is 30.3 Å². The van der Waals surface area contributed by atoms with Crippen molar-refractivity contribution in [3.8, 4) is 0 Å². The predicted octanol–water partition coefficient (Wildman–Crippen LogP) is 1.27. The molecule has 1 amide bonds. The van der Waals surface area contributed by atoms with Crippen molar-refractivity contribution in [2.24, 2.45) is 0 Å². The molecule has 0 saturated heterocycles. The summed E-state index contributed by atoms with van der Waals surface area (Å²) in [5.74, 6) is 0.0677. The lowest BCUT2D eigenvalue weighted by Gasteiger charge is -2.18. The van der Waals surface area contributed by atoms with Crippen molar-refractivity contribution in [3.63, 3.8) is 0 Å². The van der Waals surface area contributed by atoms with Crippen molar-refractivity contribution in [3.05, 3.63) is 35.9 Å². The fourth-order valence-corrected chi connectivity index (χ4v) is 1.46. The van der Waals surface area contributed by atoms with Gasteiger partial charge in [-0.15, -0.1) is 0 Å². The molecule has 67 valence electrons. The van der Waals surface area contributed by atoms with Crippen LogP contribution < -0.4 is 0 Å². The van der Waals surface area contributed by atoms with E-state index in [0.717, 1.165) is 12.1 Å². The third-order valence-electron chi connectivity index (χ3n) is 1.88. The normalized spacial score (nSPS) is 9.69. The van der Waals surface area contributed by atoms with E-state index in [0.29, 0.717) is 6.17 Å². The smallest absolute Gasteiger partial charge is 0.253 e. The molecule has 0 fully saturated rings. The molecule has 0 atom stereocenters. The molecule has 0 saturated carbocycles. The average Bonchev–Trinajstić information content (AvgIpc) is 2.21. The van der Waals surface area contributed by atoms with E-state index in [-0.39, 0.29) is 5.91 Å². The highest BCUT2D eigenvalue weighted by Crippen LogP contribution is 2.03. The molecule has 0 heterocycles. The van der Waals surface area contributed by atoms with Gasteiger partial charge in [0.15, 0.2) is 0 Å². The lowest BCUT2D eigenvalue weighted by atomic mass is 10.2. The number of carbonyl (C=O) groups excluding carboxylic acids is 1. The third-order valence-corrected chi connectivity index (χ3v) is 2.26. The maximum Gasteiger partial charge on any atom is 0.253 e. The van der Waals surface area contributed by atoms with Crippen molar-refractivity contribution in [2.45, 2.75) is 6.92 Å². The van der Waals surface area contributed by atoms with Gasteiger partial charge in [-0.05, 0) is 19.1 Å². The molecule has 1 rings (SSSR count). The second-order valence-corrected chi connectivity index (χ2v) is 3.00. The van der Waals surface area contributed by atoms with Crippen LogP contribution in [0.4, 0.5) is 0 Å². The van der Waals surface area contributed by atoms with E-state index < -0.39 is 0 Å². The quantitative estimate of drug-likeness (QED) is 0.657. The summed E-state index contributed by atoms with van der Waals surface area (Å²) in [6.07, 6.45) is 0.574. The van der Waals surface area contributed by atoms with Gasteiger partial charge in [0.05, 0.1) is 10.2 Å². The standard InChI is InChI=1S/C10H12NOSi/c1-2-11(8-13)10(12)9-6-4-3-5-7-9/h3-7H,2,8H2,1H3. The Balaban J connectivity index is 2.78. The second-order valence-electron chi connectivity index (χ2n) is 2.69. The summed E-state index contributed by atoms with van der Waals surface area (Å²) in [6.45, 7) is 2.68. The molecule has 1 aromatic rings. The Morgan fingerprint density at radius 2 is 2.00 bits per heavy atom. The SMILES string of the molecule is CCN(C[Si])C(=O)c1ccccc1. The Hall–Kier alpha value is -1.09. The molecule has 0 aliphatic carbocycles. The van der Waals surface area contributed by atoms with Crippen LogP contribution in [0.25, 0.3) is 0 Å². The number of nitrogens with zero attached hydrogens (tertiary/aromatic N) is 1. The van der Waals surface area contributed by atoms with Crippen molar-refractivity contribution < 1.29 is 4.79 Å². The summed E-state index contributed by atoms with van der Waals surface area (Å²) < 4.78 is 0. The van der Waals surface area contributed by atoms with E-state index in [1.54, 1.807) is 4.90 Å². The molecule has 2 nitrogen and oxygen atoms in total. The zero-order valence-electron chi connectivity index (χ0n) is 7.66. The molecule has 3 heteroatoms. The number of carbonyl (C=O) groups is 1. The highest BCUT2D eigenvalue weighted by Gasteiger charge is 2.10. The summed E-state index contributed by atoms with van der Waals surface area (Å²) in [4.78, 5) is 13.4. The molecule has 13 heavy (non-hydrogen) atoms.